The van der Waals surface area contributed by atoms with E-state index in [1.54, 1.807) is 0 Å². The molecule has 0 unspecified atom stereocenters. The van der Waals surface area contributed by atoms with Crippen molar-refractivity contribution in [2.45, 2.75) is 122 Å². The summed E-state index contributed by atoms with van der Waals surface area (Å²) in [5, 5.41) is 0. The molecule has 1 heterocycles. The zero-order valence-electron chi connectivity index (χ0n) is 19.1. The minimum Gasteiger partial charge on any atom is -0.464 e. The van der Waals surface area contributed by atoms with Crippen molar-refractivity contribution in [1.29, 1.82) is 0 Å². The van der Waals surface area contributed by atoms with Gasteiger partial charge in [-0.15, -0.1) is 0 Å². The summed E-state index contributed by atoms with van der Waals surface area (Å²) in [7, 11) is 1.35. The Morgan fingerprint density at radius 2 is 1.28 bits per heavy atom. The molecular weight excluding hydrogens is 366 g/mol. The van der Waals surface area contributed by atoms with Gasteiger partial charge in [-0.3, -0.25) is 4.90 Å². The van der Waals surface area contributed by atoms with Gasteiger partial charge < -0.3 is 9.47 Å². The third kappa shape index (κ3) is 12.1. The first-order valence-corrected chi connectivity index (χ1v) is 12.2. The fourth-order valence-electron chi connectivity index (χ4n) is 4.09. The fraction of sp³-hybridized carbons (Fsp3) is 0.917. The first kappa shape index (κ1) is 25.8. The van der Waals surface area contributed by atoms with Gasteiger partial charge in [0.25, 0.3) is 0 Å². The highest BCUT2D eigenvalue weighted by atomic mass is 16.6. The monoisotopic (exact) mass is 411 g/mol. The number of rotatable bonds is 17. The van der Waals surface area contributed by atoms with Crippen molar-refractivity contribution in [3.8, 4) is 0 Å². The lowest BCUT2D eigenvalue weighted by Gasteiger charge is -2.21. The molecule has 1 rings (SSSR count). The van der Waals surface area contributed by atoms with E-state index in [-0.39, 0.29) is 5.97 Å². The average Bonchev–Trinajstić information content (AvgIpc) is 3.22. The van der Waals surface area contributed by atoms with E-state index in [0.29, 0.717) is 19.6 Å². The third-order valence-corrected chi connectivity index (χ3v) is 5.93. The van der Waals surface area contributed by atoms with E-state index < -0.39 is 12.1 Å². The molecule has 5 heteroatoms. The summed E-state index contributed by atoms with van der Waals surface area (Å²) in [5.74, 6) is -0.279. The van der Waals surface area contributed by atoms with Crippen LogP contribution in [-0.2, 0) is 14.3 Å². The van der Waals surface area contributed by atoms with Gasteiger partial charge in [0.05, 0.1) is 13.7 Å². The molecule has 5 nitrogen and oxygen atoms in total. The Hall–Kier alpha value is -1.26. The summed E-state index contributed by atoms with van der Waals surface area (Å²) in [6, 6.07) is -0.459. The summed E-state index contributed by atoms with van der Waals surface area (Å²) in [6.07, 6.45) is 20.9. The van der Waals surface area contributed by atoms with E-state index in [4.69, 9.17) is 9.47 Å². The van der Waals surface area contributed by atoms with Gasteiger partial charge in [-0.2, -0.15) is 0 Å². The number of carbonyl (C=O) groups excluding carboxylic acids is 2. The fourth-order valence-corrected chi connectivity index (χ4v) is 4.09. The summed E-state index contributed by atoms with van der Waals surface area (Å²) in [4.78, 5) is 25.3. The van der Waals surface area contributed by atoms with Gasteiger partial charge in [-0.05, 0) is 19.3 Å². The SMILES string of the molecule is CCCCCCCCCCCCCCCCCOC(=O)[C@@H]1CCCN1C(=O)OC. The second-order valence-electron chi connectivity index (χ2n) is 8.44. The van der Waals surface area contributed by atoms with Crippen molar-refractivity contribution in [3.05, 3.63) is 0 Å². The van der Waals surface area contributed by atoms with Crippen LogP contribution < -0.4 is 0 Å². The van der Waals surface area contributed by atoms with Gasteiger partial charge in [0.1, 0.15) is 6.04 Å². The van der Waals surface area contributed by atoms with E-state index in [0.717, 1.165) is 19.3 Å². The molecule has 0 spiro atoms. The van der Waals surface area contributed by atoms with Crippen LogP contribution in [-0.4, -0.2) is 43.3 Å². The van der Waals surface area contributed by atoms with Crippen molar-refractivity contribution >= 4 is 12.1 Å². The molecular formula is C24H45NO4. The molecule has 170 valence electrons. The van der Waals surface area contributed by atoms with E-state index in [2.05, 4.69) is 6.92 Å². The van der Waals surface area contributed by atoms with E-state index in [1.165, 1.54) is 95.5 Å². The topological polar surface area (TPSA) is 55.8 Å². The van der Waals surface area contributed by atoms with Crippen molar-refractivity contribution in [1.82, 2.24) is 4.90 Å². The first-order chi connectivity index (χ1) is 14.2. The van der Waals surface area contributed by atoms with Crippen LogP contribution in [0.15, 0.2) is 0 Å². The summed E-state index contributed by atoms with van der Waals surface area (Å²) in [6.45, 7) is 3.31. The van der Waals surface area contributed by atoms with Crippen LogP contribution in [0.4, 0.5) is 4.79 Å². The summed E-state index contributed by atoms with van der Waals surface area (Å²) < 4.78 is 10.1. The Labute approximate surface area is 178 Å². The Bertz CT molecular complexity index is 427. The maximum Gasteiger partial charge on any atom is 0.410 e. The number of unbranched alkanes of at least 4 members (excludes halogenated alkanes) is 14. The minimum atomic E-state index is -0.459. The molecule has 1 saturated heterocycles. The molecule has 0 aromatic rings. The van der Waals surface area contributed by atoms with Crippen LogP contribution in [0.1, 0.15) is 116 Å². The van der Waals surface area contributed by atoms with Crippen molar-refractivity contribution in [3.63, 3.8) is 0 Å². The molecule has 0 aromatic carbocycles. The van der Waals surface area contributed by atoms with Gasteiger partial charge in [0.2, 0.25) is 0 Å². The molecule has 0 aromatic heterocycles. The van der Waals surface area contributed by atoms with Crippen LogP contribution in [0.3, 0.4) is 0 Å². The molecule has 0 N–H and O–H groups in total. The van der Waals surface area contributed by atoms with Crippen LogP contribution in [0.2, 0.25) is 0 Å². The number of ether oxygens (including phenoxy) is 2. The highest BCUT2D eigenvalue weighted by Crippen LogP contribution is 2.19. The lowest BCUT2D eigenvalue weighted by molar-refractivity contribution is -0.148. The normalized spacial score (nSPS) is 16.2. The summed E-state index contributed by atoms with van der Waals surface area (Å²) in [5.41, 5.74) is 0. The zero-order chi connectivity index (χ0) is 21.2. The highest BCUT2D eigenvalue weighted by molar-refractivity contribution is 5.82. The Morgan fingerprint density at radius 3 is 1.76 bits per heavy atom. The maximum absolute atomic E-state index is 12.2. The Morgan fingerprint density at radius 1 is 0.793 bits per heavy atom. The maximum atomic E-state index is 12.2. The lowest BCUT2D eigenvalue weighted by Crippen LogP contribution is -2.41. The lowest BCUT2D eigenvalue weighted by atomic mass is 10.0. The highest BCUT2D eigenvalue weighted by Gasteiger charge is 2.35. The van der Waals surface area contributed by atoms with Crippen LogP contribution >= 0.6 is 0 Å². The number of hydrogen-bond donors (Lipinski definition) is 0. The second-order valence-corrected chi connectivity index (χ2v) is 8.44. The summed E-state index contributed by atoms with van der Waals surface area (Å²) >= 11 is 0. The molecule has 0 radical (unpaired) electrons. The average molecular weight is 412 g/mol. The van der Waals surface area contributed by atoms with Gasteiger partial charge in [0.15, 0.2) is 0 Å². The van der Waals surface area contributed by atoms with Crippen LogP contribution in [0, 0.1) is 0 Å². The van der Waals surface area contributed by atoms with Crippen molar-refractivity contribution in [2.75, 3.05) is 20.3 Å². The molecule has 0 aliphatic carbocycles. The largest absolute Gasteiger partial charge is 0.464 e. The van der Waals surface area contributed by atoms with E-state index >= 15 is 0 Å². The molecule has 1 aliphatic rings. The van der Waals surface area contributed by atoms with Crippen LogP contribution in [0.25, 0.3) is 0 Å². The van der Waals surface area contributed by atoms with Gasteiger partial charge in [0, 0.05) is 6.54 Å². The molecule has 1 amide bonds. The standard InChI is InChI=1S/C24H45NO4/c1-3-4-5-6-7-8-9-10-11-12-13-14-15-16-17-21-29-23(26)22-19-18-20-25(22)24(27)28-2/h22H,3-21H2,1-2H3/t22-/m0/s1. The van der Waals surface area contributed by atoms with E-state index in [9.17, 15) is 9.59 Å². The van der Waals surface area contributed by atoms with Crippen LogP contribution in [0.5, 0.6) is 0 Å². The third-order valence-electron chi connectivity index (χ3n) is 5.93. The molecule has 29 heavy (non-hydrogen) atoms. The number of nitrogens with zero attached hydrogens (tertiary/aromatic N) is 1. The molecule has 1 atom stereocenters. The molecule has 0 saturated carbocycles. The predicted octanol–water partition coefficient (Wildman–Crippen LogP) is 6.63. The number of likely N-dealkylation sites (tertiary alicyclic amines) is 1. The Balaban J connectivity index is 1.85. The number of hydrogen-bond acceptors (Lipinski definition) is 4. The first-order valence-electron chi connectivity index (χ1n) is 12.2. The zero-order valence-corrected chi connectivity index (χ0v) is 19.1. The molecule has 1 aliphatic heterocycles. The quantitative estimate of drug-likeness (QED) is 0.199. The predicted molar refractivity (Wildman–Crippen MR) is 118 cm³/mol. The number of esters is 1. The Kier molecular flexibility index (Phi) is 15.6. The van der Waals surface area contributed by atoms with Gasteiger partial charge >= 0.3 is 12.1 Å². The van der Waals surface area contributed by atoms with E-state index in [1.807, 2.05) is 0 Å². The minimum absolute atomic E-state index is 0.279. The van der Waals surface area contributed by atoms with Gasteiger partial charge in [-0.1, -0.05) is 96.8 Å². The number of methoxy groups -OCH3 is 1. The van der Waals surface area contributed by atoms with Gasteiger partial charge in [-0.25, -0.2) is 9.59 Å². The second kappa shape index (κ2) is 17.6. The molecule has 0 bridgehead atoms. The number of amides is 1. The molecule has 1 fully saturated rings. The number of carbonyl (C=O) groups is 2. The smallest absolute Gasteiger partial charge is 0.410 e. The van der Waals surface area contributed by atoms with Crippen molar-refractivity contribution in [2.24, 2.45) is 0 Å². The van der Waals surface area contributed by atoms with Crippen molar-refractivity contribution < 1.29 is 19.1 Å².